The number of carboxylic acid groups (broad SMARTS) is 1. The average Bonchev–Trinajstić information content (AvgIpc) is 3.39. The number of aromatic nitrogens is 1. The Morgan fingerprint density at radius 1 is 1.30 bits per heavy atom. The van der Waals surface area contributed by atoms with Gasteiger partial charge in [-0.25, -0.2) is 0 Å². The molecular formula is C22H24N2O3. The van der Waals surface area contributed by atoms with Gasteiger partial charge in [-0.3, -0.25) is 14.6 Å². The van der Waals surface area contributed by atoms with Crippen LogP contribution in [0.5, 0.6) is 0 Å². The summed E-state index contributed by atoms with van der Waals surface area (Å²) in [5.41, 5.74) is 4.49. The molecule has 5 nitrogen and oxygen atoms in total. The number of rotatable bonds is 5. The lowest BCUT2D eigenvalue weighted by Gasteiger charge is -2.22. The van der Waals surface area contributed by atoms with Crippen LogP contribution in [0.3, 0.4) is 0 Å². The molecule has 2 aliphatic carbocycles. The number of pyridine rings is 1. The number of benzene rings is 1. The summed E-state index contributed by atoms with van der Waals surface area (Å²) in [7, 11) is 0. The van der Waals surface area contributed by atoms with Crippen LogP contribution in [0.25, 0.3) is 16.5 Å². The van der Waals surface area contributed by atoms with Crippen molar-refractivity contribution in [2.45, 2.75) is 51.5 Å². The molecule has 1 fully saturated rings. The summed E-state index contributed by atoms with van der Waals surface area (Å²) >= 11 is 0. The van der Waals surface area contributed by atoms with Crippen LogP contribution >= 0.6 is 0 Å². The van der Waals surface area contributed by atoms with E-state index in [2.05, 4.69) is 22.4 Å². The second-order valence-electron chi connectivity index (χ2n) is 8.01. The highest BCUT2D eigenvalue weighted by molar-refractivity contribution is 5.99. The van der Waals surface area contributed by atoms with Crippen LogP contribution in [-0.2, 0) is 4.79 Å². The van der Waals surface area contributed by atoms with E-state index in [1.165, 1.54) is 31.3 Å². The Hall–Kier alpha value is -2.69. The third-order valence-corrected chi connectivity index (χ3v) is 5.84. The fraction of sp³-hybridized carbons (Fsp3) is 0.409. The molecule has 2 aliphatic rings. The minimum absolute atomic E-state index is 0.105. The van der Waals surface area contributed by atoms with Crippen LogP contribution in [0.15, 0.2) is 36.5 Å². The molecule has 0 radical (unpaired) electrons. The molecule has 140 valence electrons. The fourth-order valence-corrected chi connectivity index (χ4v) is 3.98. The summed E-state index contributed by atoms with van der Waals surface area (Å²) in [5.74, 6) is -1.23. The molecule has 1 spiro atoms. The number of allylic oxidation sites excluding steroid dienone is 2. The van der Waals surface area contributed by atoms with E-state index in [1.807, 2.05) is 18.2 Å². The Balaban J connectivity index is 1.58. The molecule has 2 aromatic rings. The van der Waals surface area contributed by atoms with Crippen LogP contribution < -0.4 is 5.32 Å². The van der Waals surface area contributed by atoms with Crippen LogP contribution in [-0.4, -0.2) is 28.0 Å². The van der Waals surface area contributed by atoms with Crippen LogP contribution in [0.1, 0.15) is 61.4 Å². The van der Waals surface area contributed by atoms with Gasteiger partial charge in [-0.1, -0.05) is 24.3 Å². The summed E-state index contributed by atoms with van der Waals surface area (Å²) in [5, 5.41) is 12.5. The smallest absolute Gasteiger partial charge is 0.305 e. The molecule has 5 heteroatoms. The normalized spacial score (nSPS) is 18.8. The molecule has 0 saturated heterocycles. The van der Waals surface area contributed by atoms with Crippen molar-refractivity contribution in [2.24, 2.45) is 5.41 Å². The highest BCUT2D eigenvalue weighted by Gasteiger charge is 2.42. The number of carbonyl (C=O) groups is 2. The van der Waals surface area contributed by atoms with Gasteiger partial charge in [0.05, 0.1) is 17.5 Å². The third-order valence-electron chi connectivity index (χ3n) is 5.84. The first-order valence-electron chi connectivity index (χ1n) is 9.57. The number of fused-ring (bicyclic) bond motifs is 1. The summed E-state index contributed by atoms with van der Waals surface area (Å²) in [6.07, 6.45) is 10.1. The van der Waals surface area contributed by atoms with Crippen molar-refractivity contribution < 1.29 is 14.7 Å². The van der Waals surface area contributed by atoms with Crippen molar-refractivity contribution in [3.8, 4) is 0 Å². The number of hydrogen-bond donors (Lipinski definition) is 2. The molecule has 1 saturated carbocycles. The molecule has 1 aromatic heterocycles. The Labute approximate surface area is 158 Å². The first-order chi connectivity index (χ1) is 13.0. The third kappa shape index (κ3) is 3.72. The highest BCUT2D eigenvalue weighted by Crippen LogP contribution is 2.56. The molecule has 1 aromatic carbocycles. The van der Waals surface area contributed by atoms with Gasteiger partial charge in [0, 0.05) is 23.2 Å². The van der Waals surface area contributed by atoms with Gasteiger partial charge >= 0.3 is 5.97 Å². The van der Waals surface area contributed by atoms with Crippen LogP contribution in [0.4, 0.5) is 0 Å². The number of carbonyl (C=O) groups excluding carboxylic acids is 1. The largest absolute Gasteiger partial charge is 0.481 e. The van der Waals surface area contributed by atoms with E-state index < -0.39 is 12.0 Å². The number of nitrogens with one attached hydrogen (secondary N) is 1. The van der Waals surface area contributed by atoms with E-state index >= 15 is 0 Å². The van der Waals surface area contributed by atoms with Gasteiger partial charge in [-0.2, -0.15) is 0 Å². The predicted octanol–water partition coefficient (Wildman–Crippen LogP) is 4.18. The summed E-state index contributed by atoms with van der Waals surface area (Å²) in [6, 6.07) is 7.49. The van der Waals surface area contributed by atoms with Gasteiger partial charge in [0.1, 0.15) is 0 Å². The number of aliphatic carboxylic acids is 1. The number of hydrogen-bond acceptors (Lipinski definition) is 3. The van der Waals surface area contributed by atoms with Crippen molar-refractivity contribution in [1.29, 1.82) is 0 Å². The van der Waals surface area contributed by atoms with Gasteiger partial charge in [0.25, 0.3) is 5.91 Å². The van der Waals surface area contributed by atoms with Crippen molar-refractivity contribution in [3.63, 3.8) is 0 Å². The van der Waals surface area contributed by atoms with E-state index in [0.29, 0.717) is 11.0 Å². The maximum absolute atomic E-state index is 12.4. The Bertz CT molecular complexity index is 944. The molecule has 0 aliphatic heterocycles. The topological polar surface area (TPSA) is 79.3 Å². The highest BCUT2D eigenvalue weighted by atomic mass is 16.4. The first kappa shape index (κ1) is 17.7. The minimum atomic E-state index is -0.933. The van der Waals surface area contributed by atoms with Gasteiger partial charge in [-0.05, 0) is 56.1 Å². The zero-order valence-corrected chi connectivity index (χ0v) is 15.5. The van der Waals surface area contributed by atoms with Gasteiger partial charge in [-0.15, -0.1) is 0 Å². The summed E-state index contributed by atoms with van der Waals surface area (Å²) in [6.45, 7) is 1.68. The standard InChI is InChI=1S/C22H24N2O3/c1-14(11-19(25)26)24-21(27)17-12-16-3-2-4-18(20(16)23-13-17)15-5-7-22(8-6-15)9-10-22/h2-5,12-14H,6-11H2,1H3,(H,24,27)(H,25,26). The Kier molecular flexibility index (Phi) is 4.46. The van der Waals surface area contributed by atoms with E-state index in [1.54, 1.807) is 13.1 Å². The SMILES string of the molecule is CC(CC(=O)O)NC(=O)c1cnc2c(C3=CCC4(CC3)CC4)cccc2c1. The van der Waals surface area contributed by atoms with Gasteiger partial charge in [0.2, 0.25) is 0 Å². The molecule has 4 rings (SSSR count). The summed E-state index contributed by atoms with van der Waals surface area (Å²) in [4.78, 5) is 27.7. The maximum atomic E-state index is 12.4. The van der Waals surface area contributed by atoms with Crippen molar-refractivity contribution in [3.05, 3.63) is 47.7 Å². The van der Waals surface area contributed by atoms with E-state index in [9.17, 15) is 9.59 Å². The van der Waals surface area contributed by atoms with Crippen molar-refractivity contribution in [2.75, 3.05) is 0 Å². The molecule has 1 atom stereocenters. The minimum Gasteiger partial charge on any atom is -0.481 e. The van der Waals surface area contributed by atoms with Crippen molar-refractivity contribution in [1.82, 2.24) is 10.3 Å². The Morgan fingerprint density at radius 3 is 2.78 bits per heavy atom. The van der Waals surface area contributed by atoms with Crippen LogP contribution in [0, 0.1) is 5.41 Å². The lowest BCUT2D eigenvalue weighted by atomic mass is 9.84. The lowest BCUT2D eigenvalue weighted by Crippen LogP contribution is -2.34. The second kappa shape index (κ2) is 6.80. The first-order valence-corrected chi connectivity index (χ1v) is 9.57. The molecule has 0 bridgehead atoms. The molecular weight excluding hydrogens is 340 g/mol. The lowest BCUT2D eigenvalue weighted by molar-refractivity contribution is -0.137. The van der Waals surface area contributed by atoms with Gasteiger partial charge < -0.3 is 10.4 Å². The zero-order chi connectivity index (χ0) is 19.0. The van der Waals surface area contributed by atoms with Gasteiger partial charge in [0.15, 0.2) is 0 Å². The monoisotopic (exact) mass is 364 g/mol. The van der Waals surface area contributed by atoms with Crippen LogP contribution in [0.2, 0.25) is 0 Å². The van der Waals surface area contributed by atoms with E-state index in [0.717, 1.165) is 22.9 Å². The molecule has 27 heavy (non-hydrogen) atoms. The summed E-state index contributed by atoms with van der Waals surface area (Å²) < 4.78 is 0. The predicted molar refractivity (Wildman–Crippen MR) is 104 cm³/mol. The zero-order valence-electron chi connectivity index (χ0n) is 15.5. The molecule has 1 amide bonds. The maximum Gasteiger partial charge on any atom is 0.305 e. The number of nitrogens with zero attached hydrogens (tertiary/aromatic N) is 1. The Morgan fingerprint density at radius 2 is 2.11 bits per heavy atom. The molecule has 1 unspecified atom stereocenters. The number of amides is 1. The van der Waals surface area contributed by atoms with E-state index in [-0.39, 0.29) is 12.3 Å². The number of carboxylic acids is 1. The second-order valence-corrected chi connectivity index (χ2v) is 8.01. The van der Waals surface area contributed by atoms with E-state index in [4.69, 9.17) is 5.11 Å². The quantitative estimate of drug-likeness (QED) is 0.834. The molecule has 1 heterocycles. The van der Waals surface area contributed by atoms with Crippen molar-refractivity contribution >= 4 is 28.4 Å². The molecule has 2 N–H and O–H groups in total. The average molecular weight is 364 g/mol. The fourth-order valence-electron chi connectivity index (χ4n) is 3.98. The number of para-hydroxylation sites is 1.